The van der Waals surface area contributed by atoms with Crippen molar-refractivity contribution in [1.82, 2.24) is 25.2 Å². The van der Waals surface area contributed by atoms with Crippen molar-refractivity contribution >= 4 is 44.6 Å². The van der Waals surface area contributed by atoms with Crippen molar-refractivity contribution in [2.24, 2.45) is 29.6 Å². The molecular weight excluding hydrogens is 767 g/mol. The Morgan fingerprint density at radius 1 is 0.983 bits per heavy atom. The van der Waals surface area contributed by atoms with E-state index in [9.17, 15) is 27.6 Å². The largest absolute Gasteiger partial charge is 0.489 e. The van der Waals surface area contributed by atoms with E-state index >= 15 is 0 Å². The van der Waals surface area contributed by atoms with Crippen LogP contribution >= 0.6 is 0 Å². The first-order valence-electron chi connectivity index (χ1n) is 20.8. The van der Waals surface area contributed by atoms with Crippen LogP contribution in [0.15, 0.2) is 42.6 Å². The summed E-state index contributed by atoms with van der Waals surface area (Å²) in [6.45, 7) is 4.73. The average molecular weight is 822 g/mol. The molecule has 2 aliphatic heterocycles. The highest BCUT2D eigenvalue weighted by molar-refractivity contribution is 7.91. The summed E-state index contributed by atoms with van der Waals surface area (Å²) in [7, 11) is -2.31. The molecule has 3 N–H and O–H groups in total. The molecule has 1 aromatic heterocycles. The monoisotopic (exact) mass is 821 g/mol. The number of sulfonamides is 1. The Hall–Kier alpha value is -4.44. The Bertz CT molecular complexity index is 2050. The summed E-state index contributed by atoms with van der Waals surface area (Å²) in [5.74, 6) is -0.412. The summed E-state index contributed by atoms with van der Waals surface area (Å²) in [5.41, 5.74) is -1.51. The number of alkyl carbamates (subject to hydrolysis) is 1. The first kappa shape index (κ1) is 40.3. The van der Waals surface area contributed by atoms with Crippen LogP contribution in [-0.2, 0) is 33.9 Å². The van der Waals surface area contributed by atoms with Crippen LogP contribution < -0.4 is 24.8 Å². The van der Waals surface area contributed by atoms with Crippen molar-refractivity contribution in [1.29, 1.82) is 0 Å². The van der Waals surface area contributed by atoms with E-state index in [1.54, 1.807) is 13.3 Å². The second kappa shape index (κ2) is 16.3. The number of methoxy groups -OCH3 is 1. The van der Waals surface area contributed by atoms with Crippen molar-refractivity contribution in [2.75, 3.05) is 26.9 Å². The van der Waals surface area contributed by atoms with Gasteiger partial charge in [-0.3, -0.25) is 19.1 Å². The molecule has 3 heterocycles. The summed E-state index contributed by atoms with van der Waals surface area (Å²) in [6.07, 6.45) is 9.98. The van der Waals surface area contributed by atoms with E-state index in [2.05, 4.69) is 27.3 Å². The molecule has 16 heteroatoms. The number of ether oxygens (including phenoxy) is 4. The molecule has 4 saturated carbocycles. The predicted octanol–water partition coefficient (Wildman–Crippen LogP) is 4.00. The molecule has 1 saturated heterocycles. The van der Waals surface area contributed by atoms with Gasteiger partial charge in [0.15, 0.2) is 0 Å². The third-order valence-electron chi connectivity index (χ3n) is 12.9. The number of nitrogens with zero attached hydrogens (tertiary/aromatic N) is 2. The van der Waals surface area contributed by atoms with E-state index in [4.69, 9.17) is 18.9 Å². The molecule has 0 radical (unpaired) electrons. The number of aromatic nitrogens is 1. The number of benzene rings is 1. The zero-order chi connectivity index (χ0) is 40.8. The lowest BCUT2D eigenvalue weighted by molar-refractivity contribution is -0.142. The van der Waals surface area contributed by atoms with Crippen molar-refractivity contribution in [3.8, 4) is 11.6 Å². The smallest absolute Gasteiger partial charge is 0.408 e. The minimum atomic E-state index is -3.90. The van der Waals surface area contributed by atoms with E-state index in [0.717, 1.165) is 24.6 Å². The van der Waals surface area contributed by atoms with Gasteiger partial charge >= 0.3 is 6.09 Å². The molecule has 1 aromatic carbocycles. The Morgan fingerprint density at radius 3 is 2.48 bits per heavy atom. The topological polar surface area (TPSA) is 192 Å². The van der Waals surface area contributed by atoms with E-state index in [0.29, 0.717) is 67.7 Å². The lowest BCUT2D eigenvalue weighted by Gasteiger charge is -2.33. The zero-order valence-electron chi connectivity index (χ0n) is 33.4. The Morgan fingerprint density at radius 2 is 1.74 bits per heavy atom. The van der Waals surface area contributed by atoms with E-state index < -0.39 is 68.7 Å². The fraction of sp³-hybridized carbons (Fsp3) is 0.643. The number of carbonyl (C=O) groups excluding carboxylic acids is 4. The van der Waals surface area contributed by atoms with Crippen molar-refractivity contribution < 1.29 is 46.5 Å². The highest BCUT2D eigenvalue weighted by Gasteiger charge is 2.62. The van der Waals surface area contributed by atoms with Gasteiger partial charge < -0.3 is 34.5 Å². The van der Waals surface area contributed by atoms with Gasteiger partial charge in [0, 0.05) is 30.2 Å². The fourth-order valence-corrected chi connectivity index (χ4v) is 10.7. The van der Waals surface area contributed by atoms with Gasteiger partial charge in [-0.15, -0.1) is 0 Å². The third-order valence-corrected chi connectivity index (χ3v) is 14.7. The quantitative estimate of drug-likeness (QED) is 0.219. The van der Waals surface area contributed by atoms with Gasteiger partial charge in [-0.25, -0.2) is 18.2 Å². The molecule has 10 atom stereocenters. The SMILES string of the molecule is COCCOc1cnc(O[C@@H]2C[C@H]3C(=O)N[C@]4(C(=O)NS(=O)(=O)C5CC5)C[C@H]4/C=C\CC[C@@H](C)C[C@@H](C)[C@H](NC(=O)OC4CC5C[C@H]5C4)C(=O)N3C2)c2ccccc12. The summed E-state index contributed by atoms with van der Waals surface area (Å²) in [5, 5.41) is 6.63. The average Bonchev–Trinajstić information content (AvgIpc) is 4.15. The normalized spacial score (nSPS) is 34.0. The number of amides is 4. The van der Waals surface area contributed by atoms with E-state index in [-0.39, 0.29) is 37.3 Å². The molecule has 6 aliphatic rings. The minimum absolute atomic E-state index is 0.0148. The van der Waals surface area contributed by atoms with Crippen LogP contribution in [0.3, 0.4) is 0 Å². The van der Waals surface area contributed by atoms with Gasteiger partial charge in [0.25, 0.3) is 5.91 Å². The minimum Gasteiger partial charge on any atom is -0.489 e. The predicted molar refractivity (Wildman–Crippen MR) is 212 cm³/mol. The lowest BCUT2D eigenvalue weighted by Crippen LogP contribution is -2.59. The molecule has 15 nitrogen and oxygen atoms in total. The Labute approximate surface area is 339 Å². The number of pyridine rings is 1. The second-order valence-electron chi connectivity index (χ2n) is 17.4. The summed E-state index contributed by atoms with van der Waals surface area (Å²) >= 11 is 0. The Kier molecular flexibility index (Phi) is 11.3. The number of allylic oxidation sites excluding steroid dienone is 1. The number of hydrogen-bond acceptors (Lipinski definition) is 11. The molecule has 314 valence electrons. The molecule has 2 aromatic rings. The van der Waals surface area contributed by atoms with Gasteiger partial charge in [0.1, 0.15) is 42.2 Å². The van der Waals surface area contributed by atoms with Crippen LogP contribution in [0.4, 0.5) is 4.79 Å². The first-order valence-corrected chi connectivity index (χ1v) is 22.4. The second-order valence-corrected chi connectivity index (χ2v) is 19.4. The molecule has 58 heavy (non-hydrogen) atoms. The van der Waals surface area contributed by atoms with Crippen LogP contribution in [0.25, 0.3) is 10.8 Å². The highest BCUT2D eigenvalue weighted by atomic mass is 32.2. The number of nitrogens with one attached hydrogen (secondary N) is 3. The molecule has 2 unspecified atom stereocenters. The number of hydrogen-bond donors (Lipinski definition) is 3. The number of rotatable bonds is 11. The van der Waals surface area contributed by atoms with Crippen molar-refractivity contribution in [3.05, 3.63) is 42.6 Å². The Balaban J connectivity index is 1.09. The highest BCUT2D eigenvalue weighted by Crippen LogP contribution is 2.52. The molecule has 4 amide bonds. The van der Waals surface area contributed by atoms with Crippen LogP contribution in [0.2, 0.25) is 0 Å². The van der Waals surface area contributed by atoms with Gasteiger partial charge in [-0.1, -0.05) is 44.2 Å². The standard InChI is InChI=1S/C42H55N5O10S/c1-24-8-4-5-9-28-21-42(28,40(50)46-58(52,53)31-12-13-31)45-37(48)34-20-30(56-38-33-11-7-6-10-32(33)35(22-43-38)55-15-14-54-3)23-47(34)39(49)36(25(2)16-24)44-41(51)57-29-18-26-17-27(26)19-29/h5-7,9-11,22,24-31,34,36H,4,8,12-21,23H2,1-3H3,(H,44,51)(H,45,48)(H,46,50)/b9-5-/t24-,25-,26+,27?,28-,29?,30-,34+,36+,42-/m1/s1. The molecule has 4 aliphatic carbocycles. The maximum atomic E-state index is 14.9. The van der Waals surface area contributed by atoms with Crippen LogP contribution in [0.1, 0.15) is 78.1 Å². The lowest BCUT2D eigenvalue weighted by atomic mass is 9.88. The fourth-order valence-electron chi connectivity index (χ4n) is 9.31. The van der Waals surface area contributed by atoms with E-state index in [1.165, 1.54) is 11.3 Å². The van der Waals surface area contributed by atoms with Gasteiger partial charge in [-0.05, 0) is 87.5 Å². The number of carbonyl (C=O) groups is 4. The molecule has 0 spiro atoms. The molecule has 5 fully saturated rings. The van der Waals surface area contributed by atoms with Crippen LogP contribution in [-0.4, -0.2) is 104 Å². The van der Waals surface area contributed by atoms with Gasteiger partial charge in [-0.2, -0.15) is 0 Å². The maximum absolute atomic E-state index is 14.9. The van der Waals surface area contributed by atoms with Crippen LogP contribution in [0.5, 0.6) is 11.6 Å². The van der Waals surface area contributed by atoms with Crippen molar-refractivity contribution in [3.63, 3.8) is 0 Å². The van der Waals surface area contributed by atoms with Gasteiger partial charge in [0.2, 0.25) is 27.7 Å². The third kappa shape index (κ3) is 8.63. The molecule has 8 rings (SSSR count). The zero-order valence-corrected chi connectivity index (χ0v) is 34.2. The summed E-state index contributed by atoms with van der Waals surface area (Å²) in [4.78, 5) is 62.8. The number of fused-ring (bicyclic) bond motifs is 4. The van der Waals surface area contributed by atoms with Gasteiger partial charge in [0.05, 0.1) is 24.6 Å². The molecular formula is C42H55N5O10S. The first-order chi connectivity index (χ1) is 27.8. The van der Waals surface area contributed by atoms with E-state index in [1.807, 2.05) is 43.3 Å². The molecule has 0 bridgehead atoms. The summed E-state index contributed by atoms with van der Waals surface area (Å²) < 4.78 is 51.5. The summed E-state index contributed by atoms with van der Waals surface area (Å²) in [6, 6.07) is 5.34. The maximum Gasteiger partial charge on any atom is 0.408 e. The van der Waals surface area contributed by atoms with Crippen LogP contribution in [0, 0.1) is 29.6 Å². The van der Waals surface area contributed by atoms with Crippen molar-refractivity contribution in [2.45, 2.75) is 113 Å².